The minimum Gasteiger partial charge on any atom is -0.453 e. The van der Waals surface area contributed by atoms with Gasteiger partial charge in [-0.3, -0.25) is 9.59 Å². The zero-order valence-electron chi connectivity index (χ0n) is 35.7. The lowest BCUT2D eigenvalue weighted by Crippen LogP contribution is -2.51. The summed E-state index contributed by atoms with van der Waals surface area (Å²) < 4.78 is 9.62. The van der Waals surface area contributed by atoms with E-state index in [-0.39, 0.29) is 35.7 Å². The Balaban J connectivity index is 1.04. The number of aromatic amines is 2. The maximum Gasteiger partial charge on any atom is 0.407 e. The maximum atomic E-state index is 13.8. The van der Waals surface area contributed by atoms with Crippen molar-refractivity contribution in [1.29, 1.82) is 0 Å². The summed E-state index contributed by atoms with van der Waals surface area (Å²) in [5.41, 5.74) is 12.3. The number of rotatable bonds is 11. The molecule has 4 aliphatic rings. The number of carbonyl (C=O) groups is 4. The number of amides is 4. The minimum absolute atomic E-state index is 0.101. The number of hydrogen-bond acceptors (Lipinski definition) is 8. The number of carbonyl (C=O) groups excluding carboxylic acids is 4. The summed E-state index contributed by atoms with van der Waals surface area (Å²) in [6, 6.07) is 7.28. The van der Waals surface area contributed by atoms with Gasteiger partial charge in [0.2, 0.25) is 11.8 Å². The van der Waals surface area contributed by atoms with Crippen LogP contribution in [0.1, 0.15) is 112 Å². The fourth-order valence-corrected chi connectivity index (χ4v) is 10.1. The van der Waals surface area contributed by atoms with Crippen LogP contribution in [0.15, 0.2) is 36.7 Å². The van der Waals surface area contributed by atoms with E-state index < -0.39 is 24.3 Å². The molecule has 2 aliphatic heterocycles. The molecule has 2 fully saturated rings. The van der Waals surface area contributed by atoms with Crippen molar-refractivity contribution in [2.75, 3.05) is 27.3 Å². The number of benzene rings is 2. The van der Waals surface area contributed by atoms with Gasteiger partial charge in [0.1, 0.15) is 23.7 Å². The van der Waals surface area contributed by atoms with Crippen LogP contribution in [0, 0.1) is 11.8 Å². The zero-order valence-corrected chi connectivity index (χ0v) is 35.7. The number of nitrogens with zero attached hydrogens (tertiary/aromatic N) is 4. The van der Waals surface area contributed by atoms with Crippen LogP contribution in [0.3, 0.4) is 0 Å². The first kappa shape index (κ1) is 41.1. The quantitative estimate of drug-likeness (QED) is 0.123. The first-order valence-corrected chi connectivity index (χ1v) is 21.7. The molecule has 2 saturated heterocycles. The molecule has 14 heteroatoms. The van der Waals surface area contributed by atoms with Crippen LogP contribution in [0.25, 0.3) is 33.6 Å². The van der Waals surface area contributed by atoms with Gasteiger partial charge in [-0.2, -0.15) is 0 Å². The first-order valence-electron chi connectivity index (χ1n) is 21.7. The van der Waals surface area contributed by atoms with Gasteiger partial charge in [-0.05, 0) is 109 Å². The lowest BCUT2D eigenvalue weighted by atomic mass is 9.87. The first-order chi connectivity index (χ1) is 29.0. The molecule has 4 N–H and O–H groups in total. The topological polar surface area (TPSA) is 175 Å². The Hall–Kier alpha value is -5.66. The van der Waals surface area contributed by atoms with E-state index in [9.17, 15) is 19.2 Å². The Labute approximate surface area is 351 Å². The highest BCUT2D eigenvalue weighted by atomic mass is 16.5. The molecule has 0 saturated carbocycles. The van der Waals surface area contributed by atoms with Crippen molar-refractivity contribution >= 4 is 24.0 Å². The average molecular weight is 819 g/mol. The molecule has 4 atom stereocenters. The Morgan fingerprint density at radius 1 is 0.600 bits per heavy atom. The summed E-state index contributed by atoms with van der Waals surface area (Å²) in [5, 5.41) is 5.47. The van der Waals surface area contributed by atoms with Crippen molar-refractivity contribution in [2.24, 2.45) is 11.8 Å². The van der Waals surface area contributed by atoms with Crippen molar-refractivity contribution < 1.29 is 28.7 Å². The second kappa shape index (κ2) is 17.1. The number of fused-ring (bicyclic) bond motifs is 2. The van der Waals surface area contributed by atoms with Crippen molar-refractivity contribution in [2.45, 2.75) is 116 Å². The van der Waals surface area contributed by atoms with E-state index in [1.807, 2.05) is 49.9 Å². The number of ether oxygens (including phenoxy) is 2. The van der Waals surface area contributed by atoms with Gasteiger partial charge >= 0.3 is 12.2 Å². The van der Waals surface area contributed by atoms with Gasteiger partial charge in [-0.25, -0.2) is 19.6 Å². The number of methoxy groups -OCH3 is 2. The molecular formula is C46H58N8O6. The van der Waals surface area contributed by atoms with Crippen LogP contribution in [0.2, 0.25) is 0 Å². The van der Waals surface area contributed by atoms with Crippen molar-refractivity contribution in [3.63, 3.8) is 0 Å². The van der Waals surface area contributed by atoms with Gasteiger partial charge in [0, 0.05) is 24.2 Å². The molecular weight excluding hydrogens is 761 g/mol. The Kier molecular flexibility index (Phi) is 11.7. The van der Waals surface area contributed by atoms with Crippen LogP contribution in [0.5, 0.6) is 0 Å². The van der Waals surface area contributed by atoms with Crippen molar-refractivity contribution in [1.82, 2.24) is 40.4 Å². The Morgan fingerprint density at radius 3 is 1.33 bits per heavy atom. The molecule has 2 aromatic heterocycles. The number of likely N-dealkylation sites (tertiary alicyclic amines) is 2. The molecule has 4 aromatic rings. The van der Waals surface area contributed by atoms with Gasteiger partial charge in [0.05, 0.1) is 50.1 Å². The average Bonchev–Trinajstić information content (AvgIpc) is 4.10. The molecule has 8 rings (SSSR count). The van der Waals surface area contributed by atoms with Crippen LogP contribution in [-0.4, -0.2) is 93.1 Å². The fraction of sp³-hybridized carbons (Fsp3) is 0.522. The molecule has 4 heterocycles. The molecule has 2 aliphatic carbocycles. The smallest absolute Gasteiger partial charge is 0.407 e. The van der Waals surface area contributed by atoms with E-state index in [0.717, 1.165) is 98.4 Å². The zero-order chi connectivity index (χ0) is 42.2. The monoisotopic (exact) mass is 818 g/mol. The third-order valence-electron chi connectivity index (χ3n) is 13.1. The second-order valence-electron chi connectivity index (χ2n) is 17.4. The van der Waals surface area contributed by atoms with Crippen LogP contribution in [0.4, 0.5) is 9.59 Å². The Morgan fingerprint density at radius 2 is 0.967 bits per heavy atom. The molecule has 14 nitrogen and oxygen atoms in total. The van der Waals surface area contributed by atoms with Crippen LogP contribution in [-0.2, 0) is 44.7 Å². The van der Waals surface area contributed by atoms with Gasteiger partial charge in [-0.1, -0.05) is 52.0 Å². The van der Waals surface area contributed by atoms with Crippen molar-refractivity contribution in [3.05, 3.63) is 70.6 Å². The van der Waals surface area contributed by atoms with E-state index in [1.165, 1.54) is 47.6 Å². The Bertz CT molecular complexity index is 2120. The second-order valence-corrected chi connectivity index (χ2v) is 17.4. The van der Waals surface area contributed by atoms with Gasteiger partial charge < -0.3 is 39.9 Å². The maximum absolute atomic E-state index is 13.8. The minimum atomic E-state index is -0.683. The van der Waals surface area contributed by atoms with E-state index in [0.29, 0.717) is 13.1 Å². The van der Waals surface area contributed by atoms with Gasteiger partial charge in [-0.15, -0.1) is 0 Å². The SMILES string of the molecule is COC(=O)N[C@H](C(=O)N1CCC[C@H]1c1ncc(-c2ccc(-c3ccc(-c4cnc([C@@H]5CCCN5C(=O)[C@@H](NC(=O)OC)C(C)C)[nH]4)c4c3CCC4)c3c2CCC3)[nH]1)C(C)C. The van der Waals surface area contributed by atoms with Crippen LogP contribution < -0.4 is 10.6 Å². The molecule has 0 unspecified atom stereocenters. The number of hydrogen-bond donors (Lipinski definition) is 4. The largest absolute Gasteiger partial charge is 0.453 e. The number of aromatic nitrogens is 4. The number of alkyl carbamates (subject to hydrolysis) is 2. The van der Waals surface area contributed by atoms with E-state index >= 15 is 0 Å². The highest BCUT2D eigenvalue weighted by molar-refractivity contribution is 5.88. The third-order valence-corrected chi connectivity index (χ3v) is 13.1. The summed E-state index contributed by atoms with van der Waals surface area (Å²) >= 11 is 0. The summed E-state index contributed by atoms with van der Waals surface area (Å²) in [6.07, 6.45) is 12.1. The van der Waals surface area contributed by atoms with Crippen molar-refractivity contribution in [3.8, 4) is 33.6 Å². The molecule has 60 heavy (non-hydrogen) atoms. The molecule has 0 bridgehead atoms. The standard InChI is InChI=1S/C46H58N8O6/c1-25(2)39(51-45(57)59-5)43(55)53-21-9-15-37(53)41-47-23-35(49-41)33-19-17-31(27-11-7-13-29(27)33)32-18-20-34(30-14-8-12-28(30)32)36-24-48-42(50-36)38-16-10-22-54(38)44(56)40(26(3)4)52-46(58)60-6/h17-20,23-26,37-40H,7-16,21-22H2,1-6H3,(H,47,49)(H,48,50)(H,51,57)(H,52,58)/t37-,38-,39-,40-/m0/s1. The molecule has 2 aromatic carbocycles. The summed E-state index contributed by atoms with van der Waals surface area (Å²) in [6.45, 7) is 8.90. The lowest BCUT2D eigenvalue weighted by molar-refractivity contribution is -0.136. The number of H-pyrrole nitrogens is 2. The van der Waals surface area contributed by atoms with E-state index in [2.05, 4.69) is 44.9 Å². The molecule has 318 valence electrons. The van der Waals surface area contributed by atoms with Gasteiger partial charge in [0.25, 0.3) is 0 Å². The number of imidazole rings is 2. The summed E-state index contributed by atoms with van der Waals surface area (Å²) in [7, 11) is 2.61. The van der Waals surface area contributed by atoms with E-state index in [1.54, 1.807) is 0 Å². The normalized spacial score (nSPS) is 19.4. The summed E-state index contributed by atoms with van der Waals surface area (Å²) in [4.78, 5) is 72.3. The molecule has 4 amide bonds. The fourth-order valence-electron chi connectivity index (χ4n) is 10.1. The van der Waals surface area contributed by atoms with Gasteiger partial charge in [0.15, 0.2) is 0 Å². The lowest BCUT2D eigenvalue weighted by Gasteiger charge is -2.30. The summed E-state index contributed by atoms with van der Waals surface area (Å²) in [5.74, 6) is 1.10. The number of nitrogens with one attached hydrogen (secondary N) is 4. The molecule has 0 radical (unpaired) electrons. The predicted octanol–water partition coefficient (Wildman–Crippen LogP) is 7.20. The highest BCUT2D eigenvalue weighted by Crippen LogP contribution is 2.44. The molecule has 0 spiro atoms. The third kappa shape index (κ3) is 7.64. The van der Waals surface area contributed by atoms with Crippen LogP contribution >= 0.6 is 0 Å². The highest BCUT2D eigenvalue weighted by Gasteiger charge is 2.39. The predicted molar refractivity (Wildman–Crippen MR) is 227 cm³/mol. The van der Waals surface area contributed by atoms with E-state index in [4.69, 9.17) is 19.4 Å².